The summed E-state index contributed by atoms with van der Waals surface area (Å²) < 4.78 is 66.0. The van der Waals surface area contributed by atoms with Gasteiger partial charge in [0.25, 0.3) is 0 Å². The topological polar surface area (TPSA) is 93.1 Å². The van der Waals surface area contributed by atoms with Crippen molar-refractivity contribution >= 4 is 11.9 Å². The van der Waals surface area contributed by atoms with Crippen molar-refractivity contribution in [2.75, 3.05) is 13.2 Å². The molecular weight excluding hydrogens is 556 g/mol. The molecule has 0 spiro atoms. The number of carboxylic acids is 2. The summed E-state index contributed by atoms with van der Waals surface area (Å²) >= 11 is 0. The number of benzene rings is 4. The lowest BCUT2D eigenvalue weighted by Gasteiger charge is -2.12. The Kier molecular flexibility index (Phi) is 9.80. The van der Waals surface area contributed by atoms with Crippen LogP contribution in [0.1, 0.15) is 46.4 Å². The molecule has 0 radical (unpaired) electrons. The molecule has 0 saturated heterocycles. The Hall–Kier alpha value is -4.86. The lowest BCUT2D eigenvalue weighted by Crippen LogP contribution is -2.06. The fourth-order valence-electron chi connectivity index (χ4n) is 4.35. The molecule has 10 heteroatoms. The number of ether oxygens (including phenoxy) is 2. The number of hydrogen-bond acceptors (Lipinski definition) is 4. The molecule has 0 heterocycles. The van der Waals surface area contributed by atoms with Crippen molar-refractivity contribution in [3.8, 4) is 33.8 Å². The summed E-state index contributed by atoms with van der Waals surface area (Å²) in [5.74, 6) is -5.32. The molecule has 4 rings (SSSR count). The maximum absolute atomic E-state index is 14.1. The molecule has 4 aromatic carbocycles. The van der Waals surface area contributed by atoms with Crippen molar-refractivity contribution in [2.24, 2.45) is 0 Å². The second-order valence-electron chi connectivity index (χ2n) is 9.39. The van der Waals surface area contributed by atoms with Crippen LogP contribution in [0.15, 0.2) is 72.8 Å². The molecule has 0 aromatic heterocycles. The van der Waals surface area contributed by atoms with Gasteiger partial charge in [-0.05, 0) is 85.3 Å². The van der Waals surface area contributed by atoms with Crippen molar-refractivity contribution < 1.29 is 46.8 Å². The normalized spacial score (nSPS) is 10.9. The standard InChI is InChI=1S/C32H26F4O6/c33-21-7-9-23(27(35)17-21)19-5-11-29(25(15-19)31(37)38)41-13-3-1-2-4-14-42-30-12-6-20(16-26(30)32(39)40)24-10-8-22(34)18-28(24)36/h5-12,15-18H,1-4,13-14H2,(H,37,38)(H,39,40). The second-order valence-corrected chi connectivity index (χ2v) is 9.39. The molecule has 4 aromatic rings. The van der Waals surface area contributed by atoms with Gasteiger partial charge < -0.3 is 19.7 Å². The van der Waals surface area contributed by atoms with Gasteiger partial charge in [-0.25, -0.2) is 27.2 Å². The van der Waals surface area contributed by atoms with Gasteiger partial charge >= 0.3 is 11.9 Å². The van der Waals surface area contributed by atoms with E-state index in [1.165, 1.54) is 48.5 Å². The van der Waals surface area contributed by atoms with Crippen LogP contribution in [0.25, 0.3) is 22.3 Å². The summed E-state index contributed by atoms with van der Waals surface area (Å²) in [6, 6.07) is 14.5. The van der Waals surface area contributed by atoms with Crippen molar-refractivity contribution in [2.45, 2.75) is 25.7 Å². The zero-order valence-corrected chi connectivity index (χ0v) is 22.2. The van der Waals surface area contributed by atoms with Gasteiger partial charge in [-0.15, -0.1) is 0 Å². The van der Waals surface area contributed by atoms with Gasteiger partial charge in [0.2, 0.25) is 0 Å². The van der Waals surface area contributed by atoms with Crippen molar-refractivity contribution in [3.05, 3.63) is 107 Å². The fraction of sp³-hybridized carbons (Fsp3) is 0.188. The fourth-order valence-corrected chi connectivity index (χ4v) is 4.35. The zero-order chi connectivity index (χ0) is 30.2. The van der Waals surface area contributed by atoms with Gasteiger partial charge in [0.05, 0.1) is 13.2 Å². The van der Waals surface area contributed by atoms with Gasteiger partial charge in [0.1, 0.15) is 45.9 Å². The van der Waals surface area contributed by atoms with Gasteiger partial charge in [0, 0.05) is 23.3 Å². The number of carboxylic acid groups (broad SMARTS) is 2. The summed E-state index contributed by atoms with van der Waals surface area (Å²) in [6.45, 7) is 0.464. The molecule has 0 unspecified atom stereocenters. The van der Waals surface area contributed by atoms with Crippen LogP contribution in [0.4, 0.5) is 17.6 Å². The summed E-state index contributed by atoms with van der Waals surface area (Å²) in [5.41, 5.74) is 0.405. The van der Waals surface area contributed by atoms with Crippen LogP contribution in [-0.4, -0.2) is 35.4 Å². The van der Waals surface area contributed by atoms with Crippen LogP contribution >= 0.6 is 0 Å². The number of unbranched alkanes of at least 4 members (excludes halogenated alkanes) is 3. The average Bonchev–Trinajstić information content (AvgIpc) is 2.94. The number of hydrogen-bond donors (Lipinski definition) is 2. The summed E-state index contributed by atoms with van der Waals surface area (Å²) in [4.78, 5) is 23.5. The summed E-state index contributed by atoms with van der Waals surface area (Å²) in [6.07, 6.45) is 2.65. The Labute approximate surface area is 238 Å². The molecule has 0 aliphatic heterocycles. The molecule has 0 fully saturated rings. The predicted octanol–water partition coefficient (Wildman–Crippen LogP) is 7.99. The third-order valence-corrected chi connectivity index (χ3v) is 6.46. The highest BCUT2D eigenvalue weighted by atomic mass is 19.1. The molecule has 0 amide bonds. The first-order valence-corrected chi connectivity index (χ1v) is 13.0. The highest BCUT2D eigenvalue weighted by Gasteiger charge is 2.17. The molecule has 0 aliphatic carbocycles. The first kappa shape index (κ1) is 30.1. The predicted molar refractivity (Wildman–Crippen MR) is 147 cm³/mol. The van der Waals surface area contributed by atoms with Crippen LogP contribution < -0.4 is 9.47 Å². The lowest BCUT2D eigenvalue weighted by molar-refractivity contribution is 0.0680. The SMILES string of the molecule is O=C(O)c1cc(-c2ccc(F)cc2F)ccc1OCCCCCCOc1ccc(-c2ccc(F)cc2F)cc1C(=O)O. The first-order chi connectivity index (χ1) is 20.1. The smallest absolute Gasteiger partial charge is 0.339 e. The Bertz CT molecular complexity index is 1490. The molecule has 218 valence electrons. The zero-order valence-electron chi connectivity index (χ0n) is 22.2. The molecule has 2 N–H and O–H groups in total. The summed E-state index contributed by atoms with van der Waals surface area (Å²) in [7, 11) is 0. The number of rotatable bonds is 13. The van der Waals surface area contributed by atoms with Crippen molar-refractivity contribution in [1.29, 1.82) is 0 Å². The van der Waals surface area contributed by atoms with E-state index < -0.39 is 35.2 Å². The van der Waals surface area contributed by atoms with E-state index in [1.807, 2.05) is 0 Å². The second kappa shape index (κ2) is 13.7. The number of halogens is 4. The first-order valence-electron chi connectivity index (χ1n) is 13.0. The highest BCUT2D eigenvalue weighted by molar-refractivity contribution is 5.93. The van der Waals surface area contributed by atoms with E-state index in [2.05, 4.69) is 0 Å². The van der Waals surface area contributed by atoms with E-state index >= 15 is 0 Å². The molecule has 0 aliphatic rings. The molecule has 6 nitrogen and oxygen atoms in total. The van der Waals surface area contributed by atoms with Gasteiger partial charge in [-0.1, -0.05) is 12.1 Å². The Balaban J connectivity index is 1.25. The molecule has 0 atom stereocenters. The Morgan fingerprint density at radius 3 is 1.31 bits per heavy atom. The van der Waals surface area contributed by atoms with Gasteiger partial charge in [0.15, 0.2) is 0 Å². The minimum Gasteiger partial charge on any atom is -0.493 e. The van der Waals surface area contributed by atoms with E-state index in [4.69, 9.17) is 9.47 Å². The van der Waals surface area contributed by atoms with Gasteiger partial charge in [-0.2, -0.15) is 0 Å². The Morgan fingerprint density at radius 2 is 0.952 bits per heavy atom. The quantitative estimate of drug-likeness (QED) is 0.123. The molecule has 0 saturated carbocycles. The van der Waals surface area contributed by atoms with Crippen LogP contribution in [0.5, 0.6) is 11.5 Å². The van der Waals surface area contributed by atoms with Crippen molar-refractivity contribution in [3.63, 3.8) is 0 Å². The minimum atomic E-state index is -1.25. The Morgan fingerprint density at radius 1 is 0.548 bits per heavy atom. The third-order valence-electron chi connectivity index (χ3n) is 6.46. The summed E-state index contributed by atoms with van der Waals surface area (Å²) in [5, 5.41) is 19.2. The largest absolute Gasteiger partial charge is 0.493 e. The maximum Gasteiger partial charge on any atom is 0.339 e. The van der Waals surface area contributed by atoms with Crippen LogP contribution in [0, 0.1) is 23.3 Å². The van der Waals surface area contributed by atoms with E-state index in [0.717, 1.165) is 37.1 Å². The van der Waals surface area contributed by atoms with E-state index in [0.29, 0.717) is 12.8 Å². The number of aromatic carboxylic acids is 2. The van der Waals surface area contributed by atoms with Crippen LogP contribution in [0.2, 0.25) is 0 Å². The van der Waals surface area contributed by atoms with E-state index in [1.54, 1.807) is 0 Å². The minimum absolute atomic E-state index is 0.0702. The monoisotopic (exact) mass is 582 g/mol. The molecule has 42 heavy (non-hydrogen) atoms. The number of carbonyl (C=O) groups is 2. The van der Waals surface area contributed by atoms with Crippen LogP contribution in [-0.2, 0) is 0 Å². The molecular formula is C32H26F4O6. The van der Waals surface area contributed by atoms with Gasteiger partial charge in [-0.3, -0.25) is 0 Å². The van der Waals surface area contributed by atoms with Crippen LogP contribution in [0.3, 0.4) is 0 Å². The maximum atomic E-state index is 14.1. The van der Waals surface area contributed by atoms with Crippen molar-refractivity contribution in [1.82, 2.24) is 0 Å². The molecule has 0 bridgehead atoms. The average molecular weight is 583 g/mol. The highest BCUT2D eigenvalue weighted by Crippen LogP contribution is 2.31. The third kappa shape index (κ3) is 7.45. The lowest BCUT2D eigenvalue weighted by atomic mass is 10.0. The van der Waals surface area contributed by atoms with E-state index in [-0.39, 0.29) is 58.1 Å². The van der Waals surface area contributed by atoms with E-state index in [9.17, 15) is 37.4 Å².